The summed E-state index contributed by atoms with van der Waals surface area (Å²) in [5, 5.41) is 3.41. The Balaban J connectivity index is 1.71. The van der Waals surface area contributed by atoms with Crippen LogP contribution in [-0.4, -0.2) is 9.55 Å². The number of para-hydroxylation sites is 2. The number of aromatic nitrogens is 2. The topological polar surface area (TPSA) is 29.9 Å². The number of allylic oxidation sites excluding steroid dienone is 1. The van der Waals surface area contributed by atoms with E-state index in [1.165, 1.54) is 12.1 Å². The molecule has 0 saturated heterocycles. The summed E-state index contributed by atoms with van der Waals surface area (Å²) in [5.74, 6) is 0.540. The molecule has 0 spiro atoms. The van der Waals surface area contributed by atoms with Crippen LogP contribution in [0, 0.1) is 5.82 Å². The fourth-order valence-electron chi connectivity index (χ4n) is 3.51. The van der Waals surface area contributed by atoms with E-state index in [0.717, 1.165) is 38.3 Å². The van der Waals surface area contributed by atoms with Crippen molar-refractivity contribution < 1.29 is 4.39 Å². The average molecular weight is 420 g/mol. The predicted molar refractivity (Wildman–Crippen MR) is 110 cm³/mol. The molecule has 0 bridgehead atoms. The maximum absolute atomic E-state index is 13.4. The molecule has 0 radical (unpaired) electrons. The summed E-state index contributed by atoms with van der Waals surface area (Å²) >= 11 is 3.51. The van der Waals surface area contributed by atoms with Crippen molar-refractivity contribution in [3.05, 3.63) is 100 Å². The van der Waals surface area contributed by atoms with Gasteiger partial charge in [0.1, 0.15) is 5.82 Å². The van der Waals surface area contributed by atoms with Gasteiger partial charge in [0.25, 0.3) is 0 Å². The zero-order chi connectivity index (χ0) is 18.4. The molecule has 0 amide bonds. The Morgan fingerprint density at radius 3 is 2.44 bits per heavy atom. The normalized spacial score (nSPS) is 15.9. The van der Waals surface area contributed by atoms with E-state index in [0.29, 0.717) is 0 Å². The fraction of sp³-hybridized carbons (Fsp3) is 0.0455. The van der Waals surface area contributed by atoms with Gasteiger partial charge in [-0.25, -0.2) is 9.37 Å². The molecule has 1 aliphatic rings. The average Bonchev–Trinajstić information content (AvgIpc) is 3.07. The highest BCUT2D eigenvalue weighted by Crippen LogP contribution is 2.37. The van der Waals surface area contributed by atoms with Gasteiger partial charge in [-0.05, 0) is 65.7 Å². The summed E-state index contributed by atoms with van der Waals surface area (Å²) in [6.45, 7) is 0. The largest absolute Gasteiger partial charge is 0.325 e. The van der Waals surface area contributed by atoms with Crippen molar-refractivity contribution in [3.8, 4) is 0 Å². The lowest BCUT2D eigenvalue weighted by Gasteiger charge is -2.26. The highest BCUT2D eigenvalue weighted by molar-refractivity contribution is 9.10. The van der Waals surface area contributed by atoms with Crippen LogP contribution in [0.15, 0.2) is 83.3 Å². The first-order chi connectivity index (χ1) is 13.2. The highest BCUT2D eigenvalue weighted by Gasteiger charge is 2.25. The third-order valence-corrected chi connectivity index (χ3v) is 5.34. The minimum absolute atomic E-state index is 0.0122. The Morgan fingerprint density at radius 1 is 0.926 bits per heavy atom. The van der Waals surface area contributed by atoms with Crippen LogP contribution >= 0.6 is 15.9 Å². The molecule has 1 N–H and O–H groups in total. The highest BCUT2D eigenvalue weighted by atomic mass is 79.9. The second kappa shape index (κ2) is 6.35. The van der Waals surface area contributed by atoms with E-state index in [1.54, 1.807) is 12.1 Å². The number of benzene rings is 3. The lowest BCUT2D eigenvalue weighted by Crippen LogP contribution is -2.19. The fourth-order valence-corrected chi connectivity index (χ4v) is 3.78. The summed E-state index contributed by atoms with van der Waals surface area (Å²) in [6, 6.07) is 22.9. The number of fused-ring (bicyclic) bond motifs is 3. The molecule has 132 valence electrons. The second-order valence-electron chi connectivity index (χ2n) is 6.50. The van der Waals surface area contributed by atoms with Crippen LogP contribution in [-0.2, 0) is 0 Å². The van der Waals surface area contributed by atoms with Gasteiger partial charge in [-0.15, -0.1) is 0 Å². The van der Waals surface area contributed by atoms with E-state index >= 15 is 0 Å². The maximum Gasteiger partial charge on any atom is 0.209 e. The zero-order valence-corrected chi connectivity index (χ0v) is 15.8. The van der Waals surface area contributed by atoms with Crippen LogP contribution < -0.4 is 5.32 Å². The van der Waals surface area contributed by atoms with Gasteiger partial charge in [0.2, 0.25) is 5.95 Å². The molecular weight excluding hydrogens is 405 g/mol. The number of hydrogen-bond donors (Lipinski definition) is 1. The summed E-state index contributed by atoms with van der Waals surface area (Å²) in [4.78, 5) is 4.77. The Labute approximate surface area is 164 Å². The molecule has 0 fully saturated rings. The smallest absolute Gasteiger partial charge is 0.209 e. The molecule has 0 saturated carbocycles. The van der Waals surface area contributed by atoms with Crippen LogP contribution in [0.4, 0.5) is 10.3 Å². The maximum atomic E-state index is 13.4. The first-order valence-corrected chi connectivity index (χ1v) is 9.45. The molecule has 1 aliphatic heterocycles. The monoisotopic (exact) mass is 419 g/mol. The van der Waals surface area contributed by atoms with Gasteiger partial charge in [-0.2, -0.15) is 0 Å². The minimum atomic E-state index is -0.244. The molecule has 1 aromatic heterocycles. The van der Waals surface area contributed by atoms with Gasteiger partial charge in [0.05, 0.1) is 17.1 Å². The number of halogens is 2. The number of nitrogens with zero attached hydrogens (tertiary/aromatic N) is 2. The molecule has 0 unspecified atom stereocenters. The van der Waals surface area contributed by atoms with Crippen LogP contribution in [0.2, 0.25) is 0 Å². The van der Waals surface area contributed by atoms with Crippen molar-refractivity contribution >= 4 is 38.6 Å². The molecule has 1 atom stereocenters. The van der Waals surface area contributed by atoms with Crippen molar-refractivity contribution in [2.24, 2.45) is 0 Å². The molecule has 4 aromatic rings. The van der Waals surface area contributed by atoms with E-state index in [2.05, 4.69) is 50.1 Å². The van der Waals surface area contributed by atoms with Crippen LogP contribution in [0.5, 0.6) is 0 Å². The van der Waals surface area contributed by atoms with Crippen molar-refractivity contribution in [1.82, 2.24) is 9.55 Å². The summed E-state index contributed by atoms with van der Waals surface area (Å²) in [5.41, 5.74) is 5.02. The van der Waals surface area contributed by atoms with Crippen LogP contribution in [0.25, 0.3) is 16.7 Å². The molecule has 3 aromatic carbocycles. The molecular formula is C22H15BrFN3. The van der Waals surface area contributed by atoms with Gasteiger partial charge in [0.15, 0.2) is 0 Å². The molecule has 27 heavy (non-hydrogen) atoms. The van der Waals surface area contributed by atoms with E-state index in [1.807, 2.05) is 30.3 Å². The Morgan fingerprint density at radius 2 is 1.67 bits per heavy atom. The molecule has 3 nitrogen and oxygen atoms in total. The van der Waals surface area contributed by atoms with E-state index in [9.17, 15) is 4.39 Å². The third-order valence-electron chi connectivity index (χ3n) is 4.81. The third kappa shape index (κ3) is 2.84. The predicted octanol–water partition coefficient (Wildman–Crippen LogP) is 5.99. The number of imidazole rings is 1. The summed E-state index contributed by atoms with van der Waals surface area (Å²) in [6.07, 6.45) is 2.16. The summed E-state index contributed by atoms with van der Waals surface area (Å²) in [7, 11) is 0. The molecule has 5 heteroatoms. The number of hydrogen-bond acceptors (Lipinski definition) is 2. The standard InChI is InChI=1S/C22H15BrFN3/c23-16-9-5-15(6-10-16)21-13-19(14-7-11-17(24)12-8-14)26-22-25-18-3-1-2-4-20(18)27(21)22/h1-13,21H,(H,25,26)/t21-/m0/s1. The van der Waals surface area contributed by atoms with Crippen LogP contribution in [0.3, 0.4) is 0 Å². The van der Waals surface area contributed by atoms with Gasteiger partial charge in [-0.3, -0.25) is 4.57 Å². The molecule has 0 aliphatic carbocycles. The van der Waals surface area contributed by atoms with Crippen molar-refractivity contribution in [1.29, 1.82) is 0 Å². The van der Waals surface area contributed by atoms with E-state index in [-0.39, 0.29) is 11.9 Å². The SMILES string of the molecule is Fc1ccc(C2=C[C@@H](c3ccc(Br)cc3)n3c(nc4ccccc43)N2)cc1. The first-order valence-electron chi connectivity index (χ1n) is 8.66. The molecule has 5 rings (SSSR count). The second-order valence-corrected chi connectivity index (χ2v) is 7.42. The van der Waals surface area contributed by atoms with Gasteiger partial charge in [-0.1, -0.05) is 40.2 Å². The molecule has 2 heterocycles. The Kier molecular flexibility index (Phi) is 3.83. The van der Waals surface area contributed by atoms with Gasteiger partial charge < -0.3 is 5.32 Å². The Hall–Kier alpha value is -2.92. The Bertz CT molecular complexity index is 1160. The first kappa shape index (κ1) is 16.3. The van der Waals surface area contributed by atoms with Crippen molar-refractivity contribution in [2.45, 2.75) is 6.04 Å². The minimum Gasteiger partial charge on any atom is -0.325 e. The van der Waals surface area contributed by atoms with Gasteiger partial charge >= 0.3 is 0 Å². The van der Waals surface area contributed by atoms with Crippen molar-refractivity contribution in [2.75, 3.05) is 5.32 Å². The van der Waals surface area contributed by atoms with E-state index < -0.39 is 0 Å². The quantitative estimate of drug-likeness (QED) is 0.432. The zero-order valence-electron chi connectivity index (χ0n) is 14.2. The lowest BCUT2D eigenvalue weighted by molar-refractivity contribution is 0.627. The van der Waals surface area contributed by atoms with Crippen LogP contribution in [0.1, 0.15) is 17.2 Å². The number of anilines is 1. The van der Waals surface area contributed by atoms with Crippen molar-refractivity contribution in [3.63, 3.8) is 0 Å². The van der Waals surface area contributed by atoms with E-state index in [4.69, 9.17) is 4.98 Å². The van der Waals surface area contributed by atoms with Gasteiger partial charge in [0, 0.05) is 10.2 Å². The number of rotatable bonds is 2. The summed E-state index contributed by atoms with van der Waals surface area (Å²) < 4.78 is 16.6. The number of nitrogens with one attached hydrogen (secondary N) is 1. The lowest BCUT2D eigenvalue weighted by atomic mass is 10.0.